The minimum atomic E-state index is -0.0972. The van der Waals surface area contributed by atoms with E-state index in [-0.39, 0.29) is 11.4 Å². The Balaban J connectivity index is 2.14. The average Bonchev–Trinajstić information content (AvgIpc) is 1.58. The molecule has 2 rings (SSSR count). The molecule has 0 bridgehead atoms. The highest BCUT2D eigenvalue weighted by atomic mass is 16.2. The number of amides is 1. The molecule has 2 saturated heterocycles. The summed E-state index contributed by atoms with van der Waals surface area (Å²) in [5, 5.41) is 5.80. The fraction of sp³-hybridized carbons (Fsp3) is 0.800. The molecule has 0 aliphatic carbocycles. The van der Waals surface area contributed by atoms with Crippen molar-refractivity contribution in [3.8, 4) is 0 Å². The van der Waals surface area contributed by atoms with Crippen LogP contribution in [0.4, 0.5) is 0 Å². The molecule has 2 aliphatic rings. The lowest BCUT2D eigenvalue weighted by Gasteiger charge is -2.48. The van der Waals surface area contributed by atoms with Crippen LogP contribution in [0.2, 0.25) is 0 Å². The Kier molecular flexibility index (Phi) is 0.568. The predicted molar refractivity (Wildman–Crippen MR) is 28.4 cm³/mol. The maximum atomic E-state index is 10.7. The van der Waals surface area contributed by atoms with Gasteiger partial charge in [0.15, 0.2) is 0 Å². The Hall–Kier alpha value is -0.570. The zero-order chi connectivity index (χ0) is 5.61. The molecule has 0 aromatic rings. The molecule has 2 heterocycles. The van der Waals surface area contributed by atoms with Crippen molar-refractivity contribution in [1.29, 1.82) is 0 Å². The van der Waals surface area contributed by atoms with Gasteiger partial charge in [-0.3, -0.25) is 4.79 Å². The summed E-state index contributed by atoms with van der Waals surface area (Å²) in [7, 11) is 0. The molecule has 0 radical (unpaired) electrons. The van der Waals surface area contributed by atoms with E-state index in [4.69, 9.17) is 0 Å². The average molecular weight is 112 g/mol. The van der Waals surface area contributed by atoms with Crippen LogP contribution in [0, 0.1) is 0 Å². The zero-order valence-electron chi connectivity index (χ0n) is 4.53. The van der Waals surface area contributed by atoms with Gasteiger partial charge in [0.25, 0.3) is 0 Å². The standard InChI is InChI=1S/C5H8N2O/c8-4-5(3-6-4)1-2-7-5/h7H,1-3H2,(H,6,8)/t5-/m1/s1. The monoisotopic (exact) mass is 112 g/mol. The summed E-state index contributed by atoms with van der Waals surface area (Å²) in [6, 6.07) is 0. The van der Waals surface area contributed by atoms with E-state index in [2.05, 4.69) is 10.6 Å². The number of carbonyl (C=O) groups excluding carboxylic acids is 1. The minimum Gasteiger partial charge on any atom is -0.352 e. The molecule has 1 spiro atoms. The SMILES string of the molecule is O=C1NC[C@]12CCN2. The summed E-state index contributed by atoms with van der Waals surface area (Å²) < 4.78 is 0. The minimum absolute atomic E-state index is 0.0972. The first-order valence-electron chi connectivity index (χ1n) is 2.87. The summed E-state index contributed by atoms with van der Waals surface area (Å²) in [4.78, 5) is 10.7. The van der Waals surface area contributed by atoms with E-state index in [1.807, 2.05) is 0 Å². The molecule has 0 aromatic heterocycles. The number of hydrogen-bond acceptors (Lipinski definition) is 2. The Labute approximate surface area is 47.4 Å². The number of rotatable bonds is 0. The summed E-state index contributed by atoms with van der Waals surface area (Å²) in [6.07, 6.45) is 1.03. The van der Waals surface area contributed by atoms with Crippen molar-refractivity contribution >= 4 is 5.91 Å². The molecule has 1 amide bonds. The second kappa shape index (κ2) is 1.05. The van der Waals surface area contributed by atoms with Crippen molar-refractivity contribution in [2.24, 2.45) is 0 Å². The van der Waals surface area contributed by atoms with Crippen LogP contribution in [-0.4, -0.2) is 24.5 Å². The molecule has 0 unspecified atom stereocenters. The highest BCUT2D eigenvalue weighted by molar-refractivity contribution is 5.93. The van der Waals surface area contributed by atoms with Crippen LogP contribution in [0.15, 0.2) is 0 Å². The maximum Gasteiger partial charge on any atom is 0.242 e. The Bertz CT molecular complexity index is 134. The molecule has 0 saturated carbocycles. The van der Waals surface area contributed by atoms with Crippen molar-refractivity contribution in [2.45, 2.75) is 12.0 Å². The highest BCUT2D eigenvalue weighted by Crippen LogP contribution is 2.23. The van der Waals surface area contributed by atoms with E-state index < -0.39 is 0 Å². The Morgan fingerprint density at radius 1 is 1.62 bits per heavy atom. The number of hydrogen-bond donors (Lipinski definition) is 2. The molecule has 3 nitrogen and oxygen atoms in total. The first kappa shape index (κ1) is 4.32. The molecule has 3 heteroatoms. The van der Waals surface area contributed by atoms with Crippen molar-refractivity contribution in [1.82, 2.24) is 10.6 Å². The lowest BCUT2D eigenvalue weighted by Crippen LogP contribution is -2.78. The summed E-state index contributed by atoms with van der Waals surface area (Å²) >= 11 is 0. The normalized spacial score (nSPS) is 42.8. The predicted octanol–water partition coefficient (Wildman–Crippen LogP) is -1.15. The van der Waals surface area contributed by atoms with Crippen molar-refractivity contribution in [3.63, 3.8) is 0 Å². The van der Waals surface area contributed by atoms with Crippen molar-refractivity contribution in [2.75, 3.05) is 13.1 Å². The third-order valence-electron chi connectivity index (χ3n) is 2.00. The summed E-state index contributed by atoms with van der Waals surface area (Å²) in [6.45, 7) is 1.85. The quantitative estimate of drug-likeness (QED) is 0.388. The van der Waals surface area contributed by atoms with Gasteiger partial charge < -0.3 is 10.6 Å². The van der Waals surface area contributed by atoms with Gasteiger partial charge in [-0.2, -0.15) is 0 Å². The molecule has 2 N–H and O–H groups in total. The molecule has 44 valence electrons. The first-order chi connectivity index (χ1) is 3.83. The Morgan fingerprint density at radius 2 is 2.38 bits per heavy atom. The molecule has 0 aromatic carbocycles. The number of carbonyl (C=O) groups is 1. The van der Waals surface area contributed by atoms with Gasteiger partial charge in [0.05, 0.1) is 0 Å². The topological polar surface area (TPSA) is 41.1 Å². The van der Waals surface area contributed by atoms with E-state index in [1.54, 1.807) is 0 Å². The van der Waals surface area contributed by atoms with Crippen LogP contribution in [0.25, 0.3) is 0 Å². The van der Waals surface area contributed by atoms with E-state index in [0.717, 1.165) is 19.5 Å². The molecular weight excluding hydrogens is 104 g/mol. The van der Waals surface area contributed by atoms with Crippen LogP contribution in [-0.2, 0) is 4.79 Å². The van der Waals surface area contributed by atoms with E-state index in [0.29, 0.717) is 0 Å². The van der Waals surface area contributed by atoms with Gasteiger partial charge in [-0.15, -0.1) is 0 Å². The van der Waals surface area contributed by atoms with Crippen molar-refractivity contribution in [3.05, 3.63) is 0 Å². The van der Waals surface area contributed by atoms with Crippen LogP contribution in [0.3, 0.4) is 0 Å². The van der Waals surface area contributed by atoms with Gasteiger partial charge in [-0.1, -0.05) is 0 Å². The third kappa shape index (κ3) is 0.282. The van der Waals surface area contributed by atoms with Gasteiger partial charge >= 0.3 is 0 Å². The largest absolute Gasteiger partial charge is 0.352 e. The van der Waals surface area contributed by atoms with Gasteiger partial charge in [0, 0.05) is 6.54 Å². The van der Waals surface area contributed by atoms with Crippen LogP contribution in [0.5, 0.6) is 0 Å². The molecule has 2 fully saturated rings. The van der Waals surface area contributed by atoms with Gasteiger partial charge in [-0.25, -0.2) is 0 Å². The van der Waals surface area contributed by atoms with Crippen LogP contribution < -0.4 is 10.6 Å². The smallest absolute Gasteiger partial charge is 0.242 e. The summed E-state index contributed by atoms with van der Waals surface area (Å²) in [5.74, 6) is 0.184. The van der Waals surface area contributed by atoms with Crippen LogP contribution >= 0.6 is 0 Å². The maximum absolute atomic E-state index is 10.7. The summed E-state index contributed by atoms with van der Waals surface area (Å²) in [5.41, 5.74) is -0.0972. The lowest BCUT2D eigenvalue weighted by molar-refractivity contribution is -0.139. The van der Waals surface area contributed by atoms with Gasteiger partial charge in [0.1, 0.15) is 5.54 Å². The molecular formula is C5H8N2O. The second-order valence-electron chi connectivity index (χ2n) is 2.44. The lowest BCUT2D eigenvalue weighted by atomic mass is 9.81. The van der Waals surface area contributed by atoms with E-state index in [1.165, 1.54) is 0 Å². The van der Waals surface area contributed by atoms with Gasteiger partial charge in [0.2, 0.25) is 5.91 Å². The fourth-order valence-corrected chi connectivity index (χ4v) is 1.15. The fourth-order valence-electron chi connectivity index (χ4n) is 1.15. The highest BCUT2D eigenvalue weighted by Gasteiger charge is 2.50. The van der Waals surface area contributed by atoms with Crippen LogP contribution in [0.1, 0.15) is 6.42 Å². The van der Waals surface area contributed by atoms with Gasteiger partial charge in [-0.05, 0) is 13.0 Å². The second-order valence-corrected chi connectivity index (χ2v) is 2.44. The van der Waals surface area contributed by atoms with Crippen molar-refractivity contribution < 1.29 is 4.79 Å². The number of nitrogens with one attached hydrogen (secondary N) is 2. The molecule has 2 aliphatic heterocycles. The first-order valence-corrected chi connectivity index (χ1v) is 2.87. The number of β-lactam (4-membered cyclic amide) rings is 1. The van der Waals surface area contributed by atoms with E-state index >= 15 is 0 Å². The Morgan fingerprint density at radius 3 is 2.38 bits per heavy atom. The third-order valence-corrected chi connectivity index (χ3v) is 2.00. The zero-order valence-corrected chi connectivity index (χ0v) is 4.53. The van der Waals surface area contributed by atoms with E-state index in [9.17, 15) is 4.79 Å². The molecule has 8 heavy (non-hydrogen) atoms. The molecule has 1 atom stereocenters.